The molecule has 2 N–H and O–H groups in total. The first kappa shape index (κ1) is 9.09. The number of rotatable bonds is 1. The molecule has 0 saturated heterocycles. The predicted octanol–water partition coefficient (Wildman–Crippen LogP) is 1.85. The van der Waals surface area contributed by atoms with E-state index in [0.29, 0.717) is 0 Å². The third kappa shape index (κ3) is 2.25. The van der Waals surface area contributed by atoms with E-state index in [0.717, 1.165) is 0 Å². The van der Waals surface area contributed by atoms with Crippen molar-refractivity contribution in [3.05, 3.63) is 22.4 Å². The van der Waals surface area contributed by atoms with Crippen LogP contribution in [0, 0.1) is 0 Å². The third-order valence-corrected chi connectivity index (χ3v) is 1.68. The molecular weight excluding hydrogens is 203 g/mol. The van der Waals surface area contributed by atoms with Crippen molar-refractivity contribution in [2.75, 3.05) is 0 Å². The fourth-order valence-corrected chi connectivity index (χ4v) is 0.835. The minimum Gasteiger partial charge on any atom is -0.409 e. The zero-order chi connectivity index (χ0) is 9.14. The van der Waals surface area contributed by atoms with Gasteiger partial charge in [-0.1, -0.05) is 23.2 Å². The van der Waals surface area contributed by atoms with E-state index in [-0.39, 0.29) is 15.9 Å². The van der Waals surface area contributed by atoms with Gasteiger partial charge in [-0.15, -0.1) is 0 Å². The van der Waals surface area contributed by atoms with Crippen molar-refractivity contribution in [2.24, 2.45) is 5.73 Å². The van der Waals surface area contributed by atoms with E-state index in [4.69, 9.17) is 28.9 Å². The molecule has 64 valence electrons. The summed E-state index contributed by atoms with van der Waals surface area (Å²) < 4.78 is 4.48. The highest BCUT2D eigenvalue weighted by Crippen LogP contribution is 2.23. The maximum absolute atomic E-state index is 10.3. The molecule has 0 aliphatic carbocycles. The summed E-state index contributed by atoms with van der Waals surface area (Å²) in [5, 5.41) is 0.351. The first-order valence-electron chi connectivity index (χ1n) is 2.88. The number of hydrogen-bond acceptors (Lipinski definition) is 3. The summed E-state index contributed by atoms with van der Waals surface area (Å²) in [7, 11) is 0. The molecule has 0 aliphatic rings. The molecule has 1 aromatic heterocycles. The average Bonchev–Trinajstić information content (AvgIpc) is 1.96. The second kappa shape index (κ2) is 3.60. The van der Waals surface area contributed by atoms with Gasteiger partial charge in [0, 0.05) is 6.07 Å². The van der Waals surface area contributed by atoms with Gasteiger partial charge in [0.1, 0.15) is 5.15 Å². The van der Waals surface area contributed by atoms with Gasteiger partial charge in [0.25, 0.3) is 0 Å². The molecule has 0 aliphatic heterocycles. The van der Waals surface area contributed by atoms with E-state index in [1.54, 1.807) is 0 Å². The molecule has 0 aromatic carbocycles. The molecule has 6 heteroatoms. The fraction of sp³-hybridized carbons (Fsp3) is 0. The quantitative estimate of drug-likeness (QED) is 0.714. The third-order valence-electron chi connectivity index (χ3n) is 0.990. The Kier molecular flexibility index (Phi) is 2.73. The maximum Gasteiger partial charge on any atom is 0.410 e. The van der Waals surface area contributed by atoms with Gasteiger partial charge in [-0.25, -0.2) is 9.78 Å². The van der Waals surface area contributed by atoms with Crippen molar-refractivity contribution in [2.45, 2.75) is 0 Å². The lowest BCUT2D eigenvalue weighted by molar-refractivity contribution is 0.210. The molecule has 0 unspecified atom stereocenters. The van der Waals surface area contributed by atoms with E-state index in [2.05, 4.69) is 9.72 Å². The van der Waals surface area contributed by atoms with Crippen LogP contribution in [0.2, 0.25) is 10.2 Å². The molecular formula is C6H4Cl2N2O2. The summed E-state index contributed by atoms with van der Waals surface area (Å²) in [6.07, 6.45) is 0.328. The van der Waals surface area contributed by atoms with Crippen LogP contribution in [-0.2, 0) is 0 Å². The van der Waals surface area contributed by atoms with Crippen LogP contribution >= 0.6 is 23.2 Å². The van der Waals surface area contributed by atoms with Gasteiger partial charge in [-0.3, -0.25) is 0 Å². The lowest BCUT2D eigenvalue weighted by Crippen LogP contribution is -2.16. The monoisotopic (exact) mass is 206 g/mol. The Morgan fingerprint density at radius 2 is 2.25 bits per heavy atom. The van der Waals surface area contributed by atoms with E-state index in [9.17, 15) is 4.79 Å². The van der Waals surface area contributed by atoms with Crippen LogP contribution in [-0.4, -0.2) is 11.1 Å². The van der Waals surface area contributed by atoms with Gasteiger partial charge in [0.15, 0.2) is 5.75 Å². The Labute approximate surface area is 78.2 Å². The van der Waals surface area contributed by atoms with Crippen molar-refractivity contribution >= 4 is 29.3 Å². The number of primary amides is 1. The van der Waals surface area contributed by atoms with Crippen LogP contribution in [0.3, 0.4) is 0 Å². The number of ether oxygens (including phenoxy) is 1. The van der Waals surface area contributed by atoms with Crippen LogP contribution < -0.4 is 10.5 Å². The summed E-state index contributed by atoms with van der Waals surface area (Å²) in [4.78, 5) is 13.9. The molecule has 4 nitrogen and oxygen atoms in total. The van der Waals surface area contributed by atoms with Crippen molar-refractivity contribution in [3.8, 4) is 5.75 Å². The maximum atomic E-state index is 10.3. The largest absolute Gasteiger partial charge is 0.410 e. The lowest BCUT2D eigenvalue weighted by atomic mass is 10.5. The van der Waals surface area contributed by atoms with Gasteiger partial charge < -0.3 is 10.5 Å². The number of carbonyl (C=O) groups excluding carboxylic acids is 1. The first-order chi connectivity index (χ1) is 5.59. The molecule has 0 atom stereocenters. The second-order valence-electron chi connectivity index (χ2n) is 1.86. The number of nitrogens with zero attached hydrogens (tertiary/aromatic N) is 1. The minimum absolute atomic E-state index is 0.147. The molecule has 0 saturated carbocycles. The number of pyridine rings is 1. The van der Waals surface area contributed by atoms with E-state index in [1.807, 2.05) is 0 Å². The van der Waals surface area contributed by atoms with Gasteiger partial charge in [0.05, 0.1) is 11.2 Å². The smallest absolute Gasteiger partial charge is 0.409 e. The summed E-state index contributed by atoms with van der Waals surface area (Å²) >= 11 is 11.1. The van der Waals surface area contributed by atoms with Crippen molar-refractivity contribution in [1.29, 1.82) is 0 Å². The highest BCUT2D eigenvalue weighted by atomic mass is 35.5. The molecule has 1 amide bonds. The number of nitrogens with two attached hydrogens (primary N) is 1. The topological polar surface area (TPSA) is 65.2 Å². The molecule has 0 radical (unpaired) electrons. The Morgan fingerprint density at radius 1 is 1.58 bits per heavy atom. The summed E-state index contributed by atoms with van der Waals surface area (Å²) in [5.74, 6) is 0.164. The number of aromatic nitrogens is 1. The van der Waals surface area contributed by atoms with Crippen molar-refractivity contribution in [1.82, 2.24) is 4.98 Å². The Balaban J connectivity index is 2.89. The van der Waals surface area contributed by atoms with Gasteiger partial charge in [-0.2, -0.15) is 0 Å². The molecule has 0 bridgehead atoms. The first-order valence-corrected chi connectivity index (χ1v) is 3.63. The minimum atomic E-state index is -0.921. The zero-order valence-corrected chi connectivity index (χ0v) is 7.26. The normalized spacial score (nSPS) is 9.50. The summed E-state index contributed by atoms with van der Waals surface area (Å²) in [5.41, 5.74) is 4.75. The molecule has 0 fully saturated rings. The van der Waals surface area contributed by atoms with Crippen LogP contribution in [0.15, 0.2) is 12.3 Å². The van der Waals surface area contributed by atoms with Crippen molar-refractivity contribution < 1.29 is 9.53 Å². The van der Waals surface area contributed by atoms with Gasteiger partial charge >= 0.3 is 6.09 Å². The molecule has 1 aromatic rings. The summed E-state index contributed by atoms with van der Waals surface area (Å²) in [6.45, 7) is 0. The Hall–Kier alpha value is -1.000. The number of halogens is 2. The van der Waals surface area contributed by atoms with E-state index < -0.39 is 6.09 Å². The van der Waals surface area contributed by atoms with Crippen LogP contribution in [0.4, 0.5) is 4.79 Å². The second-order valence-corrected chi connectivity index (χ2v) is 2.63. The number of hydrogen-bond donors (Lipinski definition) is 1. The fourth-order valence-electron chi connectivity index (χ4n) is 0.576. The SMILES string of the molecule is NC(=O)Oc1cnc(Cl)c(Cl)c1. The van der Waals surface area contributed by atoms with Crippen LogP contribution in [0.25, 0.3) is 0 Å². The molecule has 12 heavy (non-hydrogen) atoms. The number of amides is 1. The average molecular weight is 207 g/mol. The summed E-state index contributed by atoms with van der Waals surface area (Å²) in [6, 6.07) is 1.35. The Morgan fingerprint density at radius 3 is 2.75 bits per heavy atom. The predicted molar refractivity (Wildman–Crippen MR) is 44.5 cm³/mol. The van der Waals surface area contributed by atoms with Crippen LogP contribution in [0.1, 0.15) is 0 Å². The molecule has 0 spiro atoms. The van der Waals surface area contributed by atoms with E-state index >= 15 is 0 Å². The van der Waals surface area contributed by atoms with Crippen molar-refractivity contribution in [3.63, 3.8) is 0 Å². The molecule has 1 heterocycles. The standard InChI is InChI=1S/C6H4Cl2N2O2/c7-4-1-3(12-6(9)11)2-10-5(4)8/h1-2H,(H2,9,11). The van der Waals surface area contributed by atoms with Gasteiger partial charge in [-0.05, 0) is 0 Å². The Bertz CT molecular complexity index is 316. The van der Waals surface area contributed by atoms with Crippen LogP contribution in [0.5, 0.6) is 5.75 Å². The molecule has 1 rings (SSSR count). The van der Waals surface area contributed by atoms with Gasteiger partial charge in [0.2, 0.25) is 0 Å². The highest BCUT2D eigenvalue weighted by molar-refractivity contribution is 6.41. The van der Waals surface area contributed by atoms with E-state index in [1.165, 1.54) is 12.3 Å². The zero-order valence-electron chi connectivity index (χ0n) is 5.75. The lowest BCUT2D eigenvalue weighted by Gasteiger charge is -2.00. The number of carbonyl (C=O) groups is 1. The highest BCUT2D eigenvalue weighted by Gasteiger charge is 2.03.